The van der Waals surface area contributed by atoms with Gasteiger partial charge >= 0.3 is 0 Å². The van der Waals surface area contributed by atoms with Gasteiger partial charge in [-0.25, -0.2) is 4.98 Å². The van der Waals surface area contributed by atoms with Crippen molar-refractivity contribution in [2.24, 2.45) is 0 Å². The summed E-state index contributed by atoms with van der Waals surface area (Å²) in [5.74, 6) is -0.0937. The number of carbonyl (C=O) groups excluding carboxylic acids is 2. The Balaban J connectivity index is 0.00000136. The van der Waals surface area contributed by atoms with Crippen LogP contribution in [0, 0.1) is 6.92 Å². The molecule has 1 aliphatic rings. The molecule has 0 radical (unpaired) electrons. The van der Waals surface area contributed by atoms with Crippen LogP contribution in [-0.2, 0) is 16.1 Å². The van der Waals surface area contributed by atoms with Crippen molar-refractivity contribution in [2.45, 2.75) is 46.2 Å². The Kier molecular flexibility index (Phi) is 8.60. The summed E-state index contributed by atoms with van der Waals surface area (Å²) in [6.07, 6.45) is 1.60. The Morgan fingerprint density at radius 2 is 1.96 bits per heavy atom. The molecule has 1 unspecified atom stereocenters. The van der Waals surface area contributed by atoms with Gasteiger partial charge in [0.1, 0.15) is 6.04 Å². The number of benzene rings is 1. The molecule has 2 amide bonds. The summed E-state index contributed by atoms with van der Waals surface area (Å²) in [7, 11) is 1.74. The largest absolute Gasteiger partial charge is 0.350 e. The summed E-state index contributed by atoms with van der Waals surface area (Å²) < 4.78 is 0. The second-order valence-electron chi connectivity index (χ2n) is 6.46. The van der Waals surface area contributed by atoms with Gasteiger partial charge in [0, 0.05) is 13.1 Å². The molecule has 0 bridgehead atoms. The SMILES string of the molecule is CC.CNCC(=O)N1CCCC1C(=O)NCc1ccc(-c2scnc2C)cc1. The van der Waals surface area contributed by atoms with E-state index in [1.165, 1.54) is 4.88 Å². The van der Waals surface area contributed by atoms with E-state index in [4.69, 9.17) is 0 Å². The quantitative estimate of drug-likeness (QED) is 0.779. The van der Waals surface area contributed by atoms with Crippen LogP contribution in [0.3, 0.4) is 0 Å². The summed E-state index contributed by atoms with van der Waals surface area (Å²) >= 11 is 1.63. The van der Waals surface area contributed by atoms with Crippen molar-refractivity contribution in [3.05, 3.63) is 41.0 Å². The maximum absolute atomic E-state index is 12.5. The number of carbonyl (C=O) groups is 2. The van der Waals surface area contributed by atoms with Crippen molar-refractivity contribution in [1.29, 1.82) is 0 Å². The van der Waals surface area contributed by atoms with E-state index < -0.39 is 0 Å². The highest BCUT2D eigenvalue weighted by Gasteiger charge is 2.33. The normalized spacial score (nSPS) is 15.7. The van der Waals surface area contributed by atoms with Crippen LogP contribution in [0.1, 0.15) is 37.9 Å². The van der Waals surface area contributed by atoms with Gasteiger partial charge in [0.2, 0.25) is 11.8 Å². The van der Waals surface area contributed by atoms with Crippen LogP contribution >= 0.6 is 11.3 Å². The van der Waals surface area contributed by atoms with Crippen molar-refractivity contribution < 1.29 is 9.59 Å². The number of aromatic nitrogens is 1. The van der Waals surface area contributed by atoms with Gasteiger partial charge in [-0.1, -0.05) is 38.1 Å². The molecule has 2 aromatic rings. The fraction of sp³-hybridized carbons (Fsp3) is 0.476. The minimum Gasteiger partial charge on any atom is -0.350 e. The van der Waals surface area contributed by atoms with Crippen LogP contribution in [0.5, 0.6) is 0 Å². The Bertz CT molecular complexity index is 773. The van der Waals surface area contributed by atoms with Crippen LogP contribution in [0.25, 0.3) is 10.4 Å². The average molecular weight is 403 g/mol. The van der Waals surface area contributed by atoms with Gasteiger partial charge in [-0.3, -0.25) is 9.59 Å². The molecule has 1 saturated heterocycles. The van der Waals surface area contributed by atoms with E-state index in [2.05, 4.69) is 27.8 Å². The van der Waals surface area contributed by atoms with E-state index in [9.17, 15) is 9.59 Å². The van der Waals surface area contributed by atoms with Crippen molar-refractivity contribution in [2.75, 3.05) is 20.1 Å². The number of rotatable bonds is 6. The third-order valence-electron chi connectivity index (χ3n) is 4.63. The smallest absolute Gasteiger partial charge is 0.243 e. The lowest BCUT2D eigenvalue weighted by Crippen LogP contribution is -2.47. The standard InChI is InChI=1S/C19H24N4O2S.C2H6/c1-13-18(26-12-22-13)15-7-5-14(6-8-15)10-21-19(25)16-4-3-9-23(16)17(24)11-20-2;1-2/h5-8,12,16,20H,3-4,9-11H2,1-2H3,(H,21,25);1-2H3. The summed E-state index contributed by atoms with van der Waals surface area (Å²) in [6.45, 7) is 7.39. The third-order valence-corrected chi connectivity index (χ3v) is 5.61. The fourth-order valence-electron chi connectivity index (χ4n) is 3.25. The highest BCUT2D eigenvalue weighted by Crippen LogP contribution is 2.27. The molecule has 1 aromatic heterocycles. The van der Waals surface area contributed by atoms with E-state index in [0.717, 1.165) is 29.7 Å². The Labute approximate surface area is 171 Å². The molecule has 28 heavy (non-hydrogen) atoms. The van der Waals surface area contributed by atoms with Gasteiger partial charge in [0.05, 0.1) is 22.6 Å². The van der Waals surface area contributed by atoms with Crippen molar-refractivity contribution in [1.82, 2.24) is 20.5 Å². The summed E-state index contributed by atoms with van der Waals surface area (Å²) in [6, 6.07) is 7.80. The molecule has 2 heterocycles. The van der Waals surface area contributed by atoms with Crippen molar-refractivity contribution in [3.63, 3.8) is 0 Å². The molecule has 0 saturated carbocycles. The molecule has 1 aromatic carbocycles. The Hall–Kier alpha value is -2.25. The lowest BCUT2D eigenvalue weighted by atomic mass is 10.1. The highest BCUT2D eigenvalue weighted by atomic mass is 32.1. The number of hydrogen-bond acceptors (Lipinski definition) is 5. The molecule has 3 rings (SSSR count). The summed E-state index contributed by atoms with van der Waals surface area (Å²) in [5.41, 5.74) is 5.06. The van der Waals surface area contributed by atoms with Crippen molar-refractivity contribution >= 4 is 23.2 Å². The minimum atomic E-state index is -0.352. The molecule has 1 atom stereocenters. The predicted octanol–water partition coefficient (Wildman–Crippen LogP) is 2.97. The van der Waals surface area contributed by atoms with E-state index in [1.807, 2.05) is 38.4 Å². The molecule has 152 valence electrons. The van der Waals surface area contributed by atoms with Crippen LogP contribution in [-0.4, -0.2) is 47.9 Å². The van der Waals surface area contributed by atoms with E-state index in [-0.39, 0.29) is 24.4 Å². The predicted molar refractivity (Wildman–Crippen MR) is 114 cm³/mol. The van der Waals surface area contributed by atoms with Crippen molar-refractivity contribution in [3.8, 4) is 10.4 Å². The number of nitrogens with zero attached hydrogens (tertiary/aromatic N) is 2. The number of thiazole rings is 1. The van der Waals surface area contributed by atoms with Crippen LogP contribution in [0.15, 0.2) is 29.8 Å². The zero-order valence-electron chi connectivity index (χ0n) is 17.1. The molecule has 2 N–H and O–H groups in total. The minimum absolute atomic E-state index is 0.0190. The maximum atomic E-state index is 12.5. The number of aryl methyl sites for hydroxylation is 1. The number of likely N-dealkylation sites (N-methyl/N-ethyl adjacent to an activating group) is 1. The zero-order valence-corrected chi connectivity index (χ0v) is 17.9. The second-order valence-corrected chi connectivity index (χ2v) is 7.31. The van der Waals surface area contributed by atoms with Gasteiger partial charge in [-0.15, -0.1) is 11.3 Å². The highest BCUT2D eigenvalue weighted by molar-refractivity contribution is 7.13. The lowest BCUT2D eigenvalue weighted by Gasteiger charge is -2.24. The maximum Gasteiger partial charge on any atom is 0.243 e. The topological polar surface area (TPSA) is 74.3 Å². The third kappa shape index (κ3) is 5.39. The number of nitrogens with one attached hydrogen (secondary N) is 2. The average Bonchev–Trinajstić information content (AvgIpc) is 3.37. The molecule has 6 nitrogen and oxygen atoms in total. The van der Waals surface area contributed by atoms with Gasteiger partial charge < -0.3 is 15.5 Å². The first-order valence-electron chi connectivity index (χ1n) is 9.81. The van der Waals surface area contributed by atoms with Crippen LogP contribution in [0.2, 0.25) is 0 Å². The fourth-order valence-corrected chi connectivity index (χ4v) is 4.06. The van der Waals surface area contributed by atoms with Gasteiger partial charge in [-0.05, 0) is 37.9 Å². The lowest BCUT2D eigenvalue weighted by molar-refractivity contribution is -0.137. The molecular formula is C21H30N4O2S. The molecular weight excluding hydrogens is 372 g/mol. The Morgan fingerprint density at radius 1 is 1.25 bits per heavy atom. The number of likely N-dealkylation sites (tertiary alicyclic amines) is 1. The van der Waals surface area contributed by atoms with E-state index in [0.29, 0.717) is 13.1 Å². The van der Waals surface area contributed by atoms with Gasteiger partial charge in [-0.2, -0.15) is 0 Å². The monoisotopic (exact) mass is 402 g/mol. The molecule has 0 spiro atoms. The molecule has 1 fully saturated rings. The molecule has 7 heteroatoms. The molecule has 1 aliphatic heterocycles. The first-order valence-corrected chi connectivity index (χ1v) is 10.7. The first kappa shape index (κ1) is 22.0. The van der Waals surface area contributed by atoms with Crippen LogP contribution < -0.4 is 10.6 Å². The van der Waals surface area contributed by atoms with E-state index >= 15 is 0 Å². The second kappa shape index (κ2) is 10.9. The zero-order chi connectivity index (χ0) is 20.5. The summed E-state index contributed by atoms with van der Waals surface area (Å²) in [5, 5.41) is 5.83. The molecule has 0 aliphatic carbocycles. The number of hydrogen-bond donors (Lipinski definition) is 2. The van der Waals surface area contributed by atoms with E-state index in [1.54, 1.807) is 23.3 Å². The Morgan fingerprint density at radius 3 is 2.57 bits per heavy atom. The first-order chi connectivity index (χ1) is 13.6. The van der Waals surface area contributed by atoms with Crippen LogP contribution in [0.4, 0.5) is 0 Å². The van der Waals surface area contributed by atoms with Gasteiger partial charge in [0.15, 0.2) is 0 Å². The number of amides is 2. The summed E-state index contributed by atoms with van der Waals surface area (Å²) in [4.78, 5) is 31.7. The van der Waals surface area contributed by atoms with Gasteiger partial charge in [0.25, 0.3) is 0 Å².